The van der Waals surface area contributed by atoms with Gasteiger partial charge in [-0.2, -0.15) is 0 Å². The molecular weight excluding hydrogens is 196 g/mol. The van der Waals surface area contributed by atoms with E-state index in [2.05, 4.69) is 69.2 Å². The zero-order chi connectivity index (χ0) is 13.4. The third-order valence-corrected chi connectivity index (χ3v) is 3.16. The first-order valence-electron chi connectivity index (χ1n) is 6.37. The summed E-state index contributed by atoms with van der Waals surface area (Å²) in [4.78, 5) is 0. The third-order valence-electron chi connectivity index (χ3n) is 3.16. The van der Waals surface area contributed by atoms with Crippen molar-refractivity contribution in [1.29, 1.82) is 0 Å². The quantitative estimate of drug-likeness (QED) is 0.657. The van der Waals surface area contributed by atoms with Crippen molar-refractivity contribution >= 4 is 0 Å². The van der Waals surface area contributed by atoms with Gasteiger partial charge in [0.15, 0.2) is 0 Å². The Kier molecular flexibility index (Phi) is 4.32. The Balaban J connectivity index is 4.85. The molecule has 0 saturated carbocycles. The molecule has 0 aliphatic carbocycles. The molecule has 0 bridgehead atoms. The number of ether oxygens (including phenoxy) is 1. The van der Waals surface area contributed by atoms with Gasteiger partial charge in [-0.15, -0.1) is 0 Å². The van der Waals surface area contributed by atoms with Crippen LogP contribution in [0.2, 0.25) is 0 Å². The minimum Gasteiger partial charge on any atom is -0.369 e. The topological polar surface area (TPSA) is 9.23 Å². The van der Waals surface area contributed by atoms with Crippen LogP contribution in [0.25, 0.3) is 0 Å². The molecule has 0 N–H and O–H groups in total. The van der Waals surface area contributed by atoms with E-state index < -0.39 is 0 Å². The predicted octanol–water partition coefficient (Wildman–Crippen LogP) is 5.04. The van der Waals surface area contributed by atoms with Gasteiger partial charge in [-0.05, 0) is 51.9 Å². The molecule has 0 unspecified atom stereocenters. The minimum atomic E-state index is -0.113. The Morgan fingerprint density at radius 2 is 1.06 bits per heavy atom. The molecule has 0 aromatic carbocycles. The lowest BCUT2D eigenvalue weighted by molar-refractivity contribution is -0.174. The van der Waals surface area contributed by atoms with Crippen molar-refractivity contribution in [1.82, 2.24) is 0 Å². The smallest absolute Gasteiger partial charge is 0.0684 e. The van der Waals surface area contributed by atoms with Gasteiger partial charge in [-0.3, -0.25) is 0 Å². The average Bonchev–Trinajstić information content (AvgIpc) is 1.72. The van der Waals surface area contributed by atoms with Crippen molar-refractivity contribution in [2.24, 2.45) is 10.8 Å². The van der Waals surface area contributed by atoms with Crippen molar-refractivity contribution in [2.75, 3.05) is 0 Å². The molecule has 98 valence electrons. The van der Waals surface area contributed by atoms with Crippen LogP contribution < -0.4 is 0 Å². The predicted molar refractivity (Wildman–Crippen MR) is 72.8 cm³/mol. The van der Waals surface area contributed by atoms with Crippen LogP contribution in [0.4, 0.5) is 0 Å². The van der Waals surface area contributed by atoms with Crippen LogP contribution in [-0.2, 0) is 4.74 Å². The first-order valence-corrected chi connectivity index (χ1v) is 6.37. The number of hydrogen-bond acceptors (Lipinski definition) is 1. The summed E-state index contributed by atoms with van der Waals surface area (Å²) in [6.45, 7) is 22.3. The van der Waals surface area contributed by atoms with E-state index in [0.29, 0.717) is 5.41 Å². The van der Waals surface area contributed by atoms with Crippen molar-refractivity contribution in [3.8, 4) is 0 Å². The van der Waals surface area contributed by atoms with Crippen LogP contribution in [0.15, 0.2) is 0 Å². The fourth-order valence-electron chi connectivity index (χ4n) is 2.44. The molecule has 0 radical (unpaired) electrons. The Morgan fingerprint density at radius 1 is 0.688 bits per heavy atom. The summed E-state index contributed by atoms with van der Waals surface area (Å²) in [7, 11) is 0. The van der Waals surface area contributed by atoms with Gasteiger partial charge < -0.3 is 4.74 Å². The van der Waals surface area contributed by atoms with Crippen LogP contribution in [0.1, 0.15) is 75.7 Å². The molecule has 1 nitrogen and oxygen atoms in total. The summed E-state index contributed by atoms with van der Waals surface area (Å²) < 4.78 is 6.24. The number of hydrogen-bond donors (Lipinski definition) is 0. The second-order valence-corrected chi connectivity index (χ2v) is 8.35. The molecule has 0 amide bonds. The molecule has 0 aliphatic rings. The van der Waals surface area contributed by atoms with E-state index in [9.17, 15) is 0 Å². The molecule has 1 heteroatoms. The number of rotatable bonds is 3. The van der Waals surface area contributed by atoms with Crippen molar-refractivity contribution in [3.05, 3.63) is 0 Å². The third kappa shape index (κ3) is 5.34. The molecule has 0 aromatic rings. The maximum Gasteiger partial charge on any atom is 0.0684 e. The summed E-state index contributed by atoms with van der Waals surface area (Å²) in [5.41, 5.74) is 0.303. The minimum absolute atomic E-state index is 0.0847. The van der Waals surface area contributed by atoms with E-state index in [0.717, 1.165) is 6.42 Å². The zero-order valence-electron chi connectivity index (χ0n) is 13.1. The fourth-order valence-corrected chi connectivity index (χ4v) is 2.44. The standard InChI is InChI=1S/C15H32O/c1-12(2,3)11-14(7,8)15(9,10)16-13(4,5)6/h11H2,1-10H3. The van der Waals surface area contributed by atoms with Crippen molar-refractivity contribution in [3.63, 3.8) is 0 Å². The molecule has 0 heterocycles. The Morgan fingerprint density at radius 3 is 1.31 bits per heavy atom. The molecule has 0 atom stereocenters. The van der Waals surface area contributed by atoms with Gasteiger partial charge in [0.25, 0.3) is 0 Å². The molecule has 0 rings (SSSR count). The van der Waals surface area contributed by atoms with E-state index >= 15 is 0 Å². The summed E-state index contributed by atoms with van der Waals surface area (Å²) in [6, 6.07) is 0. The van der Waals surface area contributed by atoms with E-state index in [1.807, 2.05) is 0 Å². The summed E-state index contributed by atoms with van der Waals surface area (Å²) in [6.07, 6.45) is 1.16. The second kappa shape index (κ2) is 4.33. The van der Waals surface area contributed by atoms with E-state index in [-0.39, 0.29) is 16.6 Å². The van der Waals surface area contributed by atoms with E-state index in [1.54, 1.807) is 0 Å². The maximum absolute atomic E-state index is 6.24. The Bertz CT molecular complexity index is 197. The Labute approximate surface area is 103 Å². The molecule has 0 fully saturated rings. The van der Waals surface area contributed by atoms with Crippen molar-refractivity contribution in [2.45, 2.75) is 86.9 Å². The van der Waals surface area contributed by atoms with Crippen LogP contribution in [-0.4, -0.2) is 11.2 Å². The van der Waals surface area contributed by atoms with E-state index in [1.165, 1.54) is 0 Å². The van der Waals surface area contributed by atoms with Gasteiger partial charge in [0.05, 0.1) is 11.2 Å². The first kappa shape index (κ1) is 16.0. The monoisotopic (exact) mass is 228 g/mol. The highest BCUT2D eigenvalue weighted by Crippen LogP contribution is 2.44. The van der Waals surface area contributed by atoms with Crippen LogP contribution >= 0.6 is 0 Å². The zero-order valence-corrected chi connectivity index (χ0v) is 13.1. The first-order chi connectivity index (χ1) is 6.66. The van der Waals surface area contributed by atoms with Gasteiger partial charge in [0, 0.05) is 0 Å². The SMILES string of the molecule is CC(C)(C)CC(C)(C)C(C)(C)OC(C)(C)C. The highest BCUT2D eigenvalue weighted by molar-refractivity contribution is 4.92. The lowest BCUT2D eigenvalue weighted by Crippen LogP contribution is -2.47. The molecule has 0 spiro atoms. The molecule has 0 aromatic heterocycles. The fraction of sp³-hybridized carbons (Fsp3) is 1.00. The average molecular weight is 228 g/mol. The van der Waals surface area contributed by atoms with Crippen LogP contribution in [0.5, 0.6) is 0 Å². The van der Waals surface area contributed by atoms with E-state index in [4.69, 9.17) is 4.74 Å². The van der Waals surface area contributed by atoms with Crippen molar-refractivity contribution < 1.29 is 4.74 Å². The van der Waals surface area contributed by atoms with Gasteiger partial charge in [0.1, 0.15) is 0 Å². The van der Waals surface area contributed by atoms with Gasteiger partial charge in [-0.1, -0.05) is 34.6 Å². The molecule has 16 heavy (non-hydrogen) atoms. The molecular formula is C15H32O. The summed E-state index contributed by atoms with van der Waals surface area (Å²) in [5.74, 6) is 0. The largest absolute Gasteiger partial charge is 0.369 e. The van der Waals surface area contributed by atoms with Crippen LogP contribution in [0.3, 0.4) is 0 Å². The molecule has 0 saturated heterocycles. The lowest BCUT2D eigenvalue weighted by Gasteiger charge is -2.48. The van der Waals surface area contributed by atoms with Gasteiger partial charge >= 0.3 is 0 Å². The summed E-state index contributed by atoms with van der Waals surface area (Å²) in [5, 5.41) is 0. The Hall–Kier alpha value is -0.0400. The second-order valence-electron chi connectivity index (χ2n) is 8.35. The van der Waals surface area contributed by atoms with Crippen LogP contribution in [0, 0.1) is 10.8 Å². The lowest BCUT2D eigenvalue weighted by atomic mass is 9.67. The molecule has 0 aliphatic heterocycles. The van der Waals surface area contributed by atoms with Gasteiger partial charge in [-0.25, -0.2) is 0 Å². The van der Waals surface area contributed by atoms with Gasteiger partial charge in [0.2, 0.25) is 0 Å². The highest BCUT2D eigenvalue weighted by Gasteiger charge is 2.42. The normalized spacial score (nSPS) is 15.4. The summed E-state index contributed by atoms with van der Waals surface area (Å²) >= 11 is 0. The highest BCUT2D eigenvalue weighted by atomic mass is 16.5. The maximum atomic E-state index is 6.24.